The van der Waals surface area contributed by atoms with E-state index in [9.17, 15) is 4.79 Å². The van der Waals surface area contributed by atoms with Gasteiger partial charge in [0.1, 0.15) is 0 Å². The molecule has 1 aliphatic rings. The van der Waals surface area contributed by atoms with Gasteiger partial charge in [0.2, 0.25) is 5.56 Å². The number of hydrogen-bond acceptors (Lipinski definition) is 2. The zero-order valence-corrected chi connectivity index (χ0v) is 18.2. The number of hydrogen-bond donors (Lipinski definition) is 2. The molecule has 6 heteroatoms. The molecule has 0 amide bonds. The van der Waals surface area contributed by atoms with E-state index in [1.165, 1.54) is 25.7 Å². The van der Waals surface area contributed by atoms with Gasteiger partial charge in [-0.3, -0.25) is 9.79 Å². The third-order valence-corrected chi connectivity index (χ3v) is 4.44. The highest BCUT2D eigenvalue weighted by Crippen LogP contribution is 2.19. The number of aromatic nitrogens is 1. The monoisotopic (exact) mass is 472 g/mol. The molecule has 0 radical (unpaired) electrons. The summed E-state index contributed by atoms with van der Waals surface area (Å²) < 4.78 is 1.76. The smallest absolute Gasteiger partial charge is 0.250 e. The van der Waals surface area contributed by atoms with Crippen molar-refractivity contribution >= 4 is 29.9 Å². The van der Waals surface area contributed by atoms with Crippen LogP contribution in [-0.2, 0) is 6.54 Å². The Morgan fingerprint density at radius 2 is 2.12 bits per heavy atom. The molecule has 26 heavy (non-hydrogen) atoms. The first kappa shape index (κ1) is 22.7. The van der Waals surface area contributed by atoms with Gasteiger partial charge in [-0.25, -0.2) is 0 Å². The van der Waals surface area contributed by atoms with E-state index in [1.54, 1.807) is 22.3 Å². The molecular formula is C20H33IN4O. The second-order valence-electron chi connectivity index (χ2n) is 6.48. The van der Waals surface area contributed by atoms with Crippen molar-refractivity contribution in [3.8, 4) is 0 Å². The lowest BCUT2D eigenvalue weighted by atomic mass is 9.97. The molecule has 2 N–H and O–H groups in total. The summed E-state index contributed by atoms with van der Waals surface area (Å²) in [5.74, 6) is 0.899. The summed E-state index contributed by atoms with van der Waals surface area (Å²) in [5.41, 5.74) is 1.65. The molecule has 0 bridgehead atoms. The zero-order valence-electron chi connectivity index (χ0n) is 15.9. The number of aliphatic imine (C=N–C) groups is 1. The molecule has 146 valence electrons. The van der Waals surface area contributed by atoms with Crippen LogP contribution >= 0.6 is 24.0 Å². The van der Waals surface area contributed by atoms with Crippen molar-refractivity contribution in [1.29, 1.82) is 0 Å². The summed E-state index contributed by atoms with van der Waals surface area (Å²) in [4.78, 5) is 16.3. The average molecular weight is 472 g/mol. The first-order valence-electron chi connectivity index (χ1n) is 9.65. The Labute approximate surface area is 174 Å². The van der Waals surface area contributed by atoms with Crippen LogP contribution in [0.1, 0.15) is 51.9 Å². The number of nitrogens with one attached hydrogen (secondary N) is 2. The van der Waals surface area contributed by atoms with Gasteiger partial charge in [-0.1, -0.05) is 17.7 Å². The number of rotatable bonds is 9. The highest BCUT2D eigenvalue weighted by molar-refractivity contribution is 14.0. The Hall–Kier alpha value is -1.31. The molecule has 2 rings (SSSR count). The Balaban J connectivity index is 0.00000338. The Morgan fingerprint density at radius 1 is 1.23 bits per heavy atom. The second kappa shape index (κ2) is 13.8. The quantitative estimate of drug-likeness (QED) is 0.190. The summed E-state index contributed by atoms with van der Waals surface area (Å²) in [6, 6.07) is 5.28. The van der Waals surface area contributed by atoms with Gasteiger partial charge >= 0.3 is 0 Å². The average Bonchev–Trinajstić information content (AvgIpc) is 2.64. The minimum Gasteiger partial charge on any atom is -0.357 e. The maximum atomic E-state index is 11.6. The van der Waals surface area contributed by atoms with Crippen LogP contribution in [0, 0.1) is 0 Å². The van der Waals surface area contributed by atoms with Crippen LogP contribution in [0.25, 0.3) is 0 Å². The molecule has 1 aliphatic carbocycles. The highest BCUT2D eigenvalue weighted by atomic mass is 127. The van der Waals surface area contributed by atoms with Crippen LogP contribution in [0.15, 0.2) is 45.8 Å². The normalized spacial score (nSPS) is 14.3. The van der Waals surface area contributed by atoms with Crippen molar-refractivity contribution in [2.75, 3.05) is 19.6 Å². The molecule has 5 nitrogen and oxygen atoms in total. The van der Waals surface area contributed by atoms with E-state index < -0.39 is 0 Å². The van der Waals surface area contributed by atoms with Crippen molar-refractivity contribution in [2.24, 2.45) is 4.99 Å². The largest absolute Gasteiger partial charge is 0.357 e. The standard InChI is InChI=1S/C20H32N4O.HI/c1-2-21-20(23-15-13-18-10-4-3-5-11-18)22-14-7-9-17-24-16-8-6-12-19(24)25;/h6,8,10,12,16H,2-5,7,9,11,13-15,17H2,1H3,(H2,21,22,23);1H. The van der Waals surface area contributed by atoms with Crippen LogP contribution in [0.4, 0.5) is 0 Å². The zero-order chi connectivity index (χ0) is 17.7. The van der Waals surface area contributed by atoms with Gasteiger partial charge in [0.15, 0.2) is 5.96 Å². The molecule has 0 aromatic carbocycles. The van der Waals surface area contributed by atoms with E-state index in [1.807, 2.05) is 12.3 Å². The third-order valence-electron chi connectivity index (χ3n) is 4.44. The van der Waals surface area contributed by atoms with Crippen molar-refractivity contribution in [1.82, 2.24) is 15.2 Å². The van der Waals surface area contributed by atoms with Crippen molar-refractivity contribution < 1.29 is 0 Å². The van der Waals surface area contributed by atoms with Crippen molar-refractivity contribution in [3.63, 3.8) is 0 Å². The van der Waals surface area contributed by atoms with E-state index >= 15 is 0 Å². The second-order valence-corrected chi connectivity index (χ2v) is 6.48. The minimum atomic E-state index is 0. The van der Waals surface area contributed by atoms with Crippen LogP contribution in [0.5, 0.6) is 0 Å². The molecule has 0 saturated heterocycles. The predicted octanol–water partition coefficient (Wildman–Crippen LogP) is 3.69. The predicted molar refractivity (Wildman–Crippen MR) is 121 cm³/mol. The van der Waals surface area contributed by atoms with Gasteiger partial charge in [0.05, 0.1) is 0 Å². The van der Waals surface area contributed by atoms with Gasteiger partial charge in [0, 0.05) is 38.4 Å². The third kappa shape index (κ3) is 8.87. The highest BCUT2D eigenvalue weighted by Gasteiger charge is 2.04. The van der Waals surface area contributed by atoms with Gasteiger partial charge in [-0.05, 0) is 57.9 Å². The van der Waals surface area contributed by atoms with Crippen LogP contribution < -0.4 is 16.2 Å². The fourth-order valence-corrected chi connectivity index (χ4v) is 3.05. The van der Waals surface area contributed by atoms with Gasteiger partial charge in [0.25, 0.3) is 0 Å². The first-order chi connectivity index (χ1) is 12.3. The summed E-state index contributed by atoms with van der Waals surface area (Å²) in [6.07, 6.45) is 12.5. The fourth-order valence-electron chi connectivity index (χ4n) is 3.05. The SMILES string of the molecule is CCNC(=NCCCCn1ccccc1=O)NCCC1=CCCCC1.I. The van der Waals surface area contributed by atoms with E-state index in [0.29, 0.717) is 0 Å². The Kier molecular flexibility index (Phi) is 12.1. The molecule has 0 aliphatic heterocycles. The Morgan fingerprint density at radius 3 is 2.85 bits per heavy atom. The van der Waals surface area contributed by atoms with Gasteiger partial charge < -0.3 is 15.2 Å². The topological polar surface area (TPSA) is 58.4 Å². The number of allylic oxidation sites excluding steroid dienone is 1. The maximum absolute atomic E-state index is 11.6. The van der Waals surface area contributed by atoms with E-state index in [2.05, 4.69) is 28.6 Å². The van der Waals surface area contributed by atoms with E-state index in [4.69, 9.17) is 0 Å². The van der Waals surface area contributed by atoms with Crippen LogP contribution in [0.3, 0.4) is 0 Å². The molecule has 0 unspecified atom stereocenters. The molecule has 0 spiro atoms. The van der Waals surface area contributed by atoms with E-state index in [0.717, 1.165) is 51.4 Å². The molecule has 1 aromatic heterocycles. The van der Waals surface area contributed by atoms with Gasteiger partial charge in [-0.15, -0.1) is 24.0 Å². The Bertz CT molecular complexity index is 624. The summed E-state index contributed by atoms with van der Waals surface area (Å²) in [5, 5.41) is 6.73. The summed E-state index contributed by atoms with van der Waals surface area (Å²) in [7, 11) is 0. The number of unbranched alkanes of at least 4 members (excludes halogenated alkanes) is 1. The molecule has 0 atom stereocenters. The van der Waals surface area contributed by atoms with Crippen molar-refractivity contribution in [3.05, 3.63) is 46.4 Å². The number of guanidine groups is 1. The van der Waals surface area contributed by atoms with Crippen LogP contribution in [0.2, 0.25) is 0 Å². The molecule has 0 saturated carbocycles. The van der Waals surface area contributed by atoms with Crippen molar-refractivity contribution in [2.45, 2.75) is 58.4 Å². The first-order valence-corrected chi connectivity index (χ1v) is 9.65. The number of pyridine rings is 1. The molecular weight excluding hydrogens is 439 g/mol. The number of aryl methyl sites for hydroxylation is 1. The molecule has 1 aromatic rings. The van der Waals surface area contributed by atoms with Gasteiger partial charge in [-0.2, -0.15) is 0 Å². The van der Waals surface area contributed by atoms with Crippen LogP contribution in [-0.4, -0.2) is 30.2 Å². The fraction of sp³-hybridized carbons (Fsp3) is 0.600. The lowest BCUT2D eigenvalue weighted by molar-refractivity contribution is 0.597. The summed E-state index contributed by atoms with van der Waals surface area (Å²) in [6.45, 7) is 5.43. The van der Waals surface area contributed by atoms with E-state index in [-0.39, 0.29) is 29.5 Å². The molecule has 0 fully saturated rings. The lowest BCUT2D eigenvalue weighted by Crippen LogP contribution is -2.38. The minimum absolute atomic E-state index is 0. The summed E-state index contributed by atoms with van der Waals surface area (Å²) >= 11 is 0. The maximum Gasteiger partial charge on any atom is 0.250 e. The number of nitrogens with zero attached hydrogens (tertiary/aromatic N) is 2. The lowest BCUT2D eigenvalue weighted by Gasteiger charge is -2.15. The molecule has 1 heterocycles. The number of halogens is 1.